The smallest absolute Gasteiger partial charge is 0.256 e. The molecule has 5 heteroatoms. The lowest BCUT2D eigenvalue weighted by Crippen LogP contribution is -2.04. The highest BCUT2D eigenvalue weighted by molar-refractivity contribution is 6.30. The van der Waals surface area contributed by atoms with E-state index in [9.17, 15) is 0 Å². The van der Waals surface area contributed by atoms with Crippen molar-refractivity contribution in [2.24, 2.45) is 0 Å². The summed E-state index contributed by atoms with van der Waals surface area (Å²) in [5.41, 5.74) is 0.971. The van der Waals surface area contributed by atoms with Gasteiger partial charge in [-0.05, 0) is 37.6 Å². The molecule has 0 saturated carbocycles. The number of hydrogen-bond acceptors (Lipinski definition) is 4. The second-order valence-electron chi connectivity index (χ2n) is 3.45. The standard InChI is InChI=1S/C11H11ClN2O2/c1-7-5-9(12)3-4-10(7)16-8(2)11-14-13-6-15-11/h3-6,8H,1-2H3. The first-order valence-electron chi connectivity index (χ1n) is 4.85. The zero-order chi connectivity index (χ0) is 11.5. The van der Waals surface area contributed by atoms with Crippen molar-refractivity contribution >= 4 is 11.6 Å². The van der Waals surface area contributed by atoms with E-state index in [2.05, 4.69) is 10.2 Å². The molecule has 16 heavy (non-hydrogen) atoms. The number of hydrogen-bond donors (Lipinski definition) is 0. The molecule has 4 nitrogen and oxygen atoms in total. The number of ether oxygens (including phenoxy) is 1. The molecule has 0 fully saturated rings. The number of rotatable bonds is 3. The van der Waals surface area contributed by atoms with E-state index in [1.54, 1.807) is 6.07 Å². The van der Waals surface area contributed by atoms with E-state index in [0.717, 1.165) is 11.3 Å². The van der Waals surface area contributed by atoms with Crippen LogP contribution in [0.15, 0.2) is 29.0 Å². The third-order valence-corrected chi connectivity index (χ3v) is 2.40. The van der Waals surface area contributed by atoms with Gasteiger partial charge in [-0.3, -0.25) is 0 Å². The molecule has 0 spiro atoms. The lowest BCUT2D eigenvalue weighted by molar-refractivity contribution is 0.187. The second-order valence-corrected chi connectivity index (χ2v) is 3.88. The molecule has 1 unspecified atom stereocenters. The molecule has 0 aliphatic rings. The molecule has 0 amide bonds. The quantitative estimate of drug-likeness (QED) is 0.824. The van der Waals surface area contributed by atoms with Crippen molar-refractivity contribution in [3.8, 4) is 5.75 Å². The Hall–Kier alpha value is -1.55. The fraction of sp³-hybridized carbons (Fsp3) is 0.273. The van der Waals surface area contributed by atoms with Gasteiger partial charge in [-0.2, -0.15) is 0 Å². The van der Waals surface area contributed by atoms with Gasteiger partial charge in [0.2, 0.25) is 6.39 Å². The first kappa shape index (κ1) is 11.0. The van der Waals surface area contributed by atoms with Gasteiger partial charge in [-0.1, -0.05) is 11.6 Å². The van der Waals surface area contributed by atoms with Gasteiger partial charge in [0.15, 0.2) is 6.10 Å². The van der Waals surface area contributed by atoms with Gasteiger partial charge in [0, 0.05) is 5.02 Å². The summed E-state index contributed by atoms with van der Waals surface area (Å²) in [6.07, 6.45) is 1.01. The summed E-state index contributed by atoms with van der Waals surface area (Å²) in [6.45, 7) is 3.78. The van der Waals surface area contributed by atoms with Crippen molar-refractivity contribution in [2.75, 3.05) is 0 Å². The number of benzene rings is 1. The third-order valence-electron chi connectivity index (χ3n) is 2.17. The molecule has 1 aromatic heterocycles. The normalized spacial score (nSPS) is 12.4. The Morgan fingerprint density at radius 3 is 2.88 bits per heavy atom. The zero-order valence-corrected chi connectivity index (χ0v) is 9.73. The van der Waals surface area contributed by atoms with Gasteiger partial charge in [-0.25, -0.2) is 0 Å². The molecule has 2 aromatic rings. The maximum Gasteiger partial charge on any atom is 0.256 e. The summed E-state index contributed by atoms with van der Waals surface area (Å²) in [7, 11) is 0. The van der Waals surface area contributed by atoms with Gasteiger partial charge in [0.05, 0.1) is 0 Å². The van der Waals surface area contributed by atoms with Crippen molar-refractivity contribution in [2.45, 2.75) is 20.0 Å². The number of aromatic nitrogens is 2. The van der Waals surface area contributed by atoms with Crippen LogP contribution in [0, 0.1) is 6.92 Å². The average Bonchev–Trinajstić information content (AvgIpc) is 2.75. The van der Waals surface area contributed by atoms with Crippen LogP contribution in [-0.4, -0.2) is 10.2 Å². The van der Waals surface area contributed by atoms with Crippen LogP contribution in [0.25, 0.3) is 0 Å². The third kappa shape index (κ3) is 2.33. The van der Waals surface area contributed by atoms with Crippen molar-refractivity contribution < 1.29 is 9.15 Å². The molecule has 0 bridgehead atoms. The minimum Gasteiger partial charge on any atom is -0.481 e. The van der Waals surface area contributed by atoms with E-state index in [0.29, 0.717) is 10.9 Å². The number of nitrogens with zero attached hydrogens (tertiary/aromatic N) is 2. The first-order chi connectivity index (χ1) is 7.66. The Bertz CT molecular complexity index is 471. The number of halogens is 1. The van der Waals surface area contributed by atoms with Crippen molar-refractivity contribution in [3.63, 3.8) is 0 Å². The SMILES string of the molecule is Cc1cc(Cl)ccc1OC(C)c1nnco1. The highest BCUT2D eigenvalue weighted by Crippen LogP contribution is 2.26. The lowest BCUT2D eigenvalue weighted by Gasteiger charge is -2.13. The Morgan fingerprint density at radius 1 is 1.44 bits per heavy atom. The maximum atomic E-state index is 5.86. The average molecular weight is 239 g/mol. The Labute approximate surface area is 98.2 Å². The summed E-state index contributed by atoms with van der Waals surface area (Å²) < 4.78 is 10.7. The Kier molecular flexibility index (Phi) is 3.10. The van der Waals surface area contributed by atoms with Gasteiger partial charge in [-0.15, -0.1) is 10.2 Å². The maximum absolute atomic E-state index is 5.86. The topological polar surface area (TPSA) is 48.2 Å². The molecule has 84 valence electrons. The molecular weight excluding hydrogens is 228 g/mol. The zero-order valence-electron chi connectivity index (χ0n) is 8.98. The summed E-state index contributed by atoms with van der Waals surface area (Å²) in [5, 5.41) is 8.09. The summed E-state index contributed by atoms with van der Waals surface area (Å²) in [4.78, 5) is 0. The van der Waals surface area contributed by atoms with Crippen LogP contribution in [0.4, 0.5) is 0 Å². The van der Waals surface area contributed by atoms with Crippen LogP contribution in [0.3, 0.4) is 0 Å². The van der Waals surface area contributed by atoms with Crippen LogP contribution >= 0.6 is 11.6 Å². The minimum atomic E-state index is -0.276. The molecule has 0 saturated heterocycles. The molecule has 0 N–H and O–H groups in total. The lowest BCUT2D eigenvalue weighted by atomic mass is 10.2. The molecule has 0 aliphatic carbocycles. The Morgan fingerprint density at radius 2 is 2.25 bits per heavy atom. The largest absolute Gasteiger partial charge is 0.481 e. The van der Waals surface area contributed by atoms with Crippen molar-refractivity contribution in [1.29, 1.82) is 0 Å². The predicted molar refractivity (Wildman–Crippen MR) is 59.5 cm³/mol. The molecule has 1 atom stereocenters. The fourth-order valence-electron chi connectivity index (χ4n) is 1.34. The first-order valence-corrected chi connectivity index (χ1v) is 5.23. The highest BCUT2D eigenvalue weighted by atomic mass is 35.5. The second kappa shape index (κ2) is 4.53. The van der Waals surface area contributed by atoms with Crippen LogP contribution < -0.4 is 4.74 Å². The molecule has 1 heterocycles. The van der Waals surface area contributed by atoms with Crippen molar-refractivity contribution in [3.05, 3.63) is 41.1 Å². The van der Waals surface area contributed by atoms with Crippen LogP contribution in [0.5, 0.6) is 5.75 Å². The van der Waals surface area contributed by atoms with E-state index in [1.165, 1.54) is 6.39 Å². The Balaban J connectivity index is 2.15. The minimum absolute atomic E-state index is 0.276. The summed E-state index contributed by atoms with van der Waals surface area (Å²) in [5.74, 6) is 1.21. The number of aryl methyl sites for hydroxylation is 1. The van der Waals surface area contributed by atoms with Gasteiger partial charge >= 0.3 is 0 Å². The molecule has 0 aliphatic heterocycles. The van der Waals surface area contributed by atoms with Crippen LogP contribution in [-0.2, 0) is 0 Å². The van der Waals surface area contributed by atoms with E-state index in [-0.39, 0.29) is 6.10 Å². The highest BCUT2D eigenvalue weighted by Gasteiger charge is 2.13. The van der Waals surface area contributed by atoms with E-state index >= 15 is 0 Å². The van der Waals surface area contributed by atoms with E-state index < -0.39 is 0 Å². The van der Waals surface area contributed by atoms with Gasteiger partial charge < -0.3 is 9.15 Å². The fourth-order valence-corrected chi connectivity index (χ4v) is 1.57. The molecule has 0 radical (unpaired) electrons. The summed E-state index contributed by atoms with van der Waals surface area (Å²) in [6, 6.07) is 5.45. The van der Waals surface area contributed by atoms with Crippen LogP contribution in [0.2, 0.25) is 5.02 Å². The van der Waals surface area contributed by atoms with E-state index in [4.69, 9.17) is 20.8 Å². The van der Waals surface area contributed by atoms with Crippen molar-refractivity contribution in [1.82, 2.24) is 10.2 Å². The monoisotopic (exact) mass is 238 g/mol. The predicted octanol–water partition coefficient (Wildman–Crippen LogP) is 3.17. The molecular formula is C11H11ClN2O2. The van der Waals surface area contributed by atoms with Crippen LogP contribution in [0.1, 0.15) is 24.5 Å². The summed E-state index contributed by atoms with van der Waals surface area (Å²) >= 11 is 5.86. The van der Waals surface area contributed by atoms with Gasteiger partial charge in [0.1, 0.15) is 5.75 Å². The van der Waals surface area contributed by atoms with E-state index in [1.807, 2.05) is 26.0 Å². The molecule has 2 rings (SSSR count). The molecule has 1 aromatic carbocycles. The van der Waals surface area contributed by atoms with Gasteiger partial charge in [0.25, 0.3) is 5.89 Å².